The van der Waals surface area contributed by atoms with Crippen molar-refractivity contribution in [1.82, 2.24) is 14.7 Å². The number of carbonyl (C=O) groups excluding carboxylic acids is 2. The van der Waals surface area contributed by atoms with Gasteiger partial charge >= 0.3 is 0 Å². The van der Waals surface area contributed by atoms with Gasteiger partial charge in [-0.3, -0.25) is 9.59 Å². The van der Waals surface area contributed by atoms with Gasteiger partial charge in [0.1, 0.15) is 10.8 Å². The highest BCUT2D eigenvalue weighted by Crippen LogP contribution is 2.42. The van der Waals surface area contributed by atoms with Crippen LogP contribution in [0.2, 0.25) is 0 Å². The second-order valence-corrected chi connectivity index (χ2v) is 13.4. The number of Topliss-reactive ketones (excluding diaryl/α,β-unsaturated/α-hetero) is 1. The molecule has 0 unspecified atom stereocenters. The second kappa shape index (κ2) is 9.40. The van der Waals surface area contributed by atoms with E-state index >= 15 is 0 Å². The Morgan fingerprint density at radius 1 is 1.28 bits per heavy atom. The van der Waals surface area contributed by atoms with Crippen molar-refractivity contribution in [3.8, 4) is 0 Å². The molecule has 2 aromatic rings. The molecule has 2 fully saturated rings. The first-order valence-corrected chi connectivity index (χ1v) is 13.8. The molecule has 192 valence electrons. The van der Waals surface area contributed by atoms with Crippen molar-refractivity contribution in [3.63, 3.8) is 0 Å². The Morgan fingerprint density at radius 2 is 2.03 bits per heavy atom. The van der Waals surface area contributed by atoms with Gasteiger partial charge in [0, 0.05) is 23.4 Å². The number of carbonyl (C=O) groups is 2. The number of aromatic nitrogens is 2. The number of ketones is 1. The summed E-state index contributed by atoms with van der Waals surface area (Å²) in [4.78, 5) is 35.9. The Bertz CT molecular complexity index is 1240. The molecule has 1 aromatic carbocycles. The summed E-state index contributed by atoms with van der Waals surface area (Å²) in [5, 5.41) is 3.05. The molecule has 1 amide bonds. The fourth-order valence-corrected chi connectivity index (χ4v) is 6.61. The van der Waals surface area contributed by atoms with Gasteiger partial charge in [0.05, 0.1) is 52.4 Å². The summed E-state index contributed by atoms with van der Waals surface area (Å²) in [6.45, 7) is 8.63. The zero-order valence-corrected chi connectivity index (χ0v) is 22.1. The molecule has 1 aromatic heterocycles. The van der Waals surface area contributed by atoms with E-state index in [2.05, 4.69) is 24.9 Å². The number of hydrogen-bond acceptors (Lipinski definition) is 9. The average molecular weight is 531 g/mol. The predicted octanol–water partition coefficient (Wildman–Crippen LogP) is 2.38. The maximum Gasteiger partial charge on any atom is 0.296 e. The number of nitrogens with zero attached hydrogens (tertiary/aromatic N) is 3. The fraction of sp³-hybridized carbons (Fsp3) is 0.500. The molecule has 10 nitrogen and oxygen atoms in total. The van der Waals surface area contributed by atoms with E-state index in [9.17, 15) is 13.8 Å². The largest absolute Gasteiger partial charge is 0.381 e. The van der Waals surface area contributed by atoms with E-state index in [1.807, 2.05) is 20.8 Å². The minimum absolute atomic E-state index is 0.0475. The van der Waals surface area contributed by atoms with Gasteiger partial charge < -0.3 is 20.7 Å². The Balaban J connectivity index is 1.27. The molecule has 4 heterocycles. The molecule has 12 heteroatoms. The first-order chi connectivity index (χ1) is 17.1. The summed E-state index contributed by atoms with van der Waals surface area (Å²) in [7, 11) is -1.16. The van der Waals surface area contributed by atoms with E-state index in [-0.39, 0.29) is 22.0 Å². The highest BCUT2D eigenvalue weighted by molar-refractivity contribution is 7.99. The van der Waals surface area contributed by atoms with E-state index in [0.717, 1.165) is 25.9 Å². The van der Waals surface area contributed by atoms with Crippen LogP contribution in [0.15, 0.2) is 34.3 Å². The van der Waals surface area contributed by atoms with Crippen LogP contribution in [0.25, 0.3) is 0 Å². The van der Waals surface area contributed by atoms with Crippen LogP contribution >= 0.6 is 11.8 Å². The molecule has 3 aliphatic rings. The topological polar surface area (TPSA) is 140 Å². The zero-order valence-electron chi connectivity index (χ0n) is 20.5. The third kappa shape index (κ3) is 4.62. The summed E-state index contributed by atoms with van der Waals surface area (Å²) in [6.07, 6.45) is 3.45. The molecular formula is C24H30N6O4S2. The summed E-state index contributed by atoms with van der Waals surface area (Å²) in [6, 6.07) is 5.28. The molecule has 2 atom stereocenters. The standard InChI is InChI=1S/C24H30N6O4S2/c1-23(2,3)36(33)29-16-12-34-13-24(16)7-9-30(10-8-24)17-11-26-22(20(25)28-17)35-15-6-4-5-14-18(15)19(31)21(32)27-14/h4-6,11,16,29H,7-10,12-13H2,1-3H3,(H2,25,28)(H,27,31,32)/t16-,36-/m1/s1. The van der Waals surface area contributed by atoms with Crippen LogP contribution < -0.4 is 20.7 Å². The lowest BCUT2D eigenvalue weighted by Crippen LogP contribution is -2.53. The van der Waals surface area contributed by atoms with E-state index < -0.39 is 22.7 Å². The smallest absolute Gasteiger partial charge is 0.296 e. The molecule has 0 radical (unpaired) electrons. The van der Waals surface area contributed by atoms with Gasteiger partial charge in [-0.15, -0.1) is 0 Å². The maximum atomic E-state index is 12.7. The number of benzene rings is 1. The SMILES string of the molecule is CC(C)(C)[S@@](=O)N[C@@H]1COCC12CCN(c1cnc(Sc3cccc4c3C(=O)C(=O)N4)c(N)n1)CC2. The Morgan fingerprint density at radius 3 is 2.72 bits per heavy atom. The van der Waals surface area contributed by atoms with Gasteiger partial charge in [0.25, 0.3) is 11.7 Å². The number of rotatable bonds is 5. The van der Waals surface area contributed by atoms with Crippen molar-refractivity contribution in [3.05, 3.63) is 30.0 Å². The zero-order chi connectivity index (χ0) is 25.7. The van der Waals surface area contributed by atoms with Crippen LogP contribution in [0.3, 0.4) is 0 Å². The molecule has 0 saturated carbocycles. The third-order valence-corrected chi connectivity index (χ3v) is 9.65. The summed E-state index contributed by atoms with van der Waals surface area (Å²) in [5.74, 6) is -0.234. The van der Waals surface area contributed by atoms with Crippen molar-refractivity contribution in [1.29, 1.82) is 0 Å². The minimum Gasteiger partial charge on any atom is -0.381 e. The van der Waals surface area contributed by atoms with Crippen molar-refractivity contribution in [2.24, 2.45) is 5.41 Å². The van der Waals surface area contributed by atoms with Crippen molar-refractivity contribution < 1.29 is 18.5 Å². The van der Waals surface area contributed by atoms with Crippen LogP contribution in [0.5, 0.6) is 0 Å². The van der Waals surface area contributed by atoms with Gasteiger partial charge in [-0.1, -0.05) is 17.8 Å². The van der Waals surface area contributed by atoms with E-state index in [4.69, 9.17) is 10.5 Å². The number of nitrogens with one attached hydrogen (secondary N) is 2. The summed E-state index contributed by atoms with van der Waals surface area (Å²) < 4.78 is 21.5. The lowest BCUT2D eigenvalue weighted by atomic mass is 9.75. The normalized spacial score (nSPS) is 22.1. The predicted molar refractivity (Wildman–Crippen MR) is 139 cm³/mol. The van der Waals surface area contributed by atoms with Crippen LogP contribution in [-0.4, -0.2) is 63.0 Å². The van der Waals surface area contributed by atoms with Crippen molar-refractivity contribution >= 4 is 51.8 Å². The van der Waals surface area contributed by atoms with Gasteiger partial charge in [0.2, 0.25) is 0 Å². The molecule has 5 rings (SSSR count). The molecule has 36 heavy (non-hydrogen) atoms. The van der Waals surface area contributed by atoms with Gasteiger partial charge in [-0.25, -0.2) is 18.9 Å². The van der Waals surface area contributed by atoms with Crippen LogP contribution in [0, 0.1) is 5.41 Å². The number of fused-ring (bicyclic) bond motifs is 1. The lowest BCUT2D eigenvalue weighted by Gasteiger charge is -2.42. The highest BCUT2D eigenvalue weighted by atomic mass is 32.2. The van der Waals surface area contributed by atoms with E-state index in [1.54, 1.807) is 24.4 Å². The maximum absolute atomic E-state index is 12.7. The van der Waals surface area contributed by atoms with Crippen molar-refractivity contribution in [2.75, 3.05) is 42.3 Å². The Kier molecular flexibility index (Phi) is 6.56. The quantitative estimate of drug-likeness (QED) is 0.497. The Hall–Kier alpha value is -2.54. The van der Waals surface area contributed by atoms with Crippen molar-refractivity contribution in [2.45, 2.75) is 54.3 Å². The van der Waals surface area contributed by atoms with Gasteiger partial charge in [-0.2, -0.15) is 0 Å². The average Bonchev–Trinajstić information content (AvgIpc) is 3.35. The van der Waals surface area contributed by atoms with Crippen LogP contribution in [-0.2, 0) is 20.5 Å². The molecule has 0 bridgehead atoms. The van der Waals surface area contributed by atoms with Gasteiger partial charge in [-0.05, 0) is 45.7 Å². The monoisotopic (exact) mass is 530 g/mol. The highest BCUT2D eigenvalue weighted by Gasteiger charge is 2.47. The van der Waals surface area contributed by atoms with Crippen LogP contribution in [0.1, 0.15) is 44.0 Å². The molecule has 4 N–H and O–H groups in total. The minimum atomic E-state index is -1.16. The first-order valence-electron chi connectivity index (χ1n) is 11.9. The van der Waals surface area contributed by atoms with E-state index in [0.29, 0.717) is 40.2 Å². The number of piperidine rings is 1. The first kappa shape index (κ1) is 25.1. The molecule has 0 aliphatic carbocycles. The number of anilines is 3. The fourth-order valence-electron chi connectivity index (χ4n) is 4.76. The van der Waals surface area contributed by atoms with Crippen LogP contribution in [0.4, 0.5) is 17.3 Å². The third-order valence-electron chi connectivity index (χ3n) is 6.97. The summed E-state index contributed by atoms with van der Waals surface area (Å²) in [5.41, 5.74) is 7.04. The molecular weight excluding hydrogens is 500 g/mol. The number of hydrogen-bond donors (Lipinski definition) is 3. The molecule has 3 aliphatic heterocycles. The Labute approximate surface area is 216 Å². The number of nitrogen functional groups attached to an aromatic ring is 1. The van der Waals surface area contributed by atoms with E-state index in [1.165, 1.54) is 11.8 Å². The number of nitrogens with two attached hydrogens (primary N) is 1. The molecule has 1 spiro atoms. The second-order valence-electron chi connectivity index (χ2n) is 10.4. The molecule has 2 saturated heterocycles. The lowest BCUT2D eigenvalue weighted by molar-refractivity contribution is -0.112. The van der Waals surface area contributed by atoms with Gasteiger partial charge in [0.15, 0.2) is 5.82 Å². The summed E-state index contributed by atoms with van der Waals surface area (Å²) >= 11 is 1.22. The number of ether oxygens (including phenoxy) is 1. The number of amides is 1.